The number of hydrogen-bond donors (Lipinski definition) is 3. The molecule has 1 aromatic heterocycles. The first kappa shape index (κ1) is 23.0. The van der Waals surface area contributed by atoms with Crippen LogP contribution in [0.3, 0.4) is 0 Å². The summed E-state index contributed by atoms with van der Waals surface area (Å²) in [5.41, 5.74) is 1.59. The van der Waals surface area contributed by atoms with Gasteiger partial charge >= 0.3 is 0 Å². The Morgan fingerprint density at radius 2 is 1.83 bits per heavy atom. The molecule has 1 amide bonds. The molecule has 0 radical (unpaired) electrons. The van der Waals surface area contributed by atoms with Crippen molar-refractivity contribution in [3.63, 3.8) is 0 Å². The summed E-state index contributed by atoms with van der Waals surface area (Å²) >= 11 is 0. The van der Waals surface area contributed by atoms with Gasteiger partial charge in [-0.25, -0.2) is 0 Å². The summed E-state index contributed by atoms with van der Waals surface area (Å²) < 4.78 is 11.3. The Morgan fingerprint density at radius 3 is 2.50 bits per heavy atom. The van der Waals surface area contributed by atoms with Gasteiger partial charge in [0.05, 0.1) is 24.8 Å². The number of benzene rings is 1. The Bertz CT molecular complexity index is 827. The third-order valence-electron chi connectivity index (χ3n) is 4.27. The van der Waals surface area contributed by atoms with E-state index in [2.05, 4.69) is 25.9 Å². The quantitative estimate of drug-likeness (QED) is 0.315. The lowest BCUT2D eigenvalue weighted by atomic mass is 10.1. The van der Waals surface area contributed by atoms with Crippen LogP contribution in [0.25, 0.3) is 0 Å². The SMILES string of the molecule is CCOc1ccc(C(C)NC(=NC)NCCNC(=O)c2cccnc2)cc1OCC. The fraction of sp³-hybridized carbons (Fsp3) is 0.409. The smallest absolute Gasteiger partial charge is 0.252 e. The van der Waals surface area contributed by atoms with E-state index < -0.39 is 0 Å². The minimum atomic E-state index is -0.154. The topological polar surface area (TPSA) is 96.9 Å². The Labute approximate surface area is 178 Å². The molecule has 1 atom stereocenters. The standard InChI is InChI=1S/C22H31N5O3/c1-5-29-19-10-9-17(14-20(19)30-6-2)16(3)27-22(23-4)26-13-12-25-21(28)18-8-7-11-24-15-18/h7-11,14-16H,5-6,12-13H2,1-4H3,(H,25,28)(H2,23,26,27). The second-order valence-corrected chi connectivity index (χ2v) is 6.43. The van der Waals surface area contributed by atoms with Crippen molar-refractivity contribution >= 4 is 11.9 Å². The Morgan fingerprint density at radius 1 is 1.10 bits per heavy atom. The molecule has 3 N–H and O–H groups in total. The largest absolute Gasteiger partial charge is 0.490 e. The van der Waals surface area contributed by atoms with Crippen LogP contribution in [0.5, 0.6) is 11.5 Å². The van der Waals surface area contributed by atoms with E-state index in [1.165, 1.54) is 6.20 Å². The van der Waals surface area contributed by atoms with E-state index in [-0.39, 0.29) is 11.9 Å². The minimum Gasteiger partial charge on any atom is -0.490 e. The maximum Gasteiger partial charge on any atom is 0.252 e. The third-order valence-corrected chi connectivity index (χ3v) is 4.27. The molecule has 0 fully saturated rings. The molecule has 0 aliphatic heterocycles. The molecular formula is C22H31N5O3. The van der Waals surface area contributed by atoms with Gasteiger partial charge in [-0.2, -0.15) is 0 Å². The minimum absolute atomic E-state index is 0.00364. The van der Waals surface area contributed by atoms with Gasteiger partial charge in [0.1, 0.15) is 0 Å². The summed E-state index contributed by atoms with van der Waals surface area (Å²) in [5.74, 6) is 1.96. The van der Waals surface area contributed by atoms with Crippen LogP contribution in [0.15, 0.2) is 47.7 Å². The monoisotopic (exact) mass is 413 g/mol. The fourth-order valence-corrected chi connectivity index (χ4v) is 2.78. The van der Waals surface area contributed by atoms with E-state index >= 15 is 0 Å². The van der Waals surface area contributed by atoms with Crippen molar-refractivity contribution in [1.29, 1.82) is 0 Å². The Kier molecular flexibility index (Phi) is 9.44. The molecule has 1 heterocycles. The van der Waals surface area contributed by atoms with Crippen molar-refractivity contribution in [3.05, 3.63) is 53.9 Å². The highest BCUT2D eigenvalue weighted by molar-refractivity contribution is 5.93. The molecule has 30 heavy (non-hydrogen) atoms. The van der Waals surface area contributed by atoms with E-state index in [1.807, 2.05) is 39.0 Å². The van der Waals surface area contributed by atoms with Crippen molar-refractivity contribution in [2.45, 2.75) is 26.8 Å². The van der Waals surface area contributed by atoms with Crippen LogP contribution in [0.4, 0.5) is 0 Å². The highest BCUT2D eigenvalue weighted by atomic mass is 16.5. The molecule has 1 unspecified atom stereocenters. The number of aromatic nitrogens is 1. The number of guanidine groups is 1. The van der Waals surface area contributed by atoms with E-state index in [0.29, 0.717) is 37.8 Å². The number of rotatable bonds is 10. The molecule has 0 saturated carbocycles. The molecule has 8 nitrogen and oxygen atoms in total. The number of hydrogen-bond acceptors (Lipinski definition) is 5. The molecule has 0 saturated heterocycles. The number of carbonyl (C=O) groups excluding carboxylic acids is 1. The fourth-order valence-electron chi connectivity index (χ4n) is 2.78. The second-order valence-electron chi connectivity index (χ2n) is 6.43. The van der Waals surface area contributed by atoms with E-state index in [9.17, 15) is 4.79 Å². The van der Waals surface area contributed by atoms with Crippen molar-refractivity contribution < 1.29 is 14.3 Å². The number of pyridine rings is 1. The first-order valence-electron chi connectivity index (χ1n) is 10.1. The van der Waals surface area contributed by atoms with Gasteiger partial charge in [-0.3, -0.25) is 14.8 Å². The highest BCUT2D eigenvalue weighted by Gasteiger charge is 2.12. The number of aliphatic imine (C=N–C) groups is 1. The normalized spacial score (nSPS) is 12.1. The summed E-state index contributed by atoms with van der Waals surface area (Å²) in [6, 6.07) is 9.37. The molecule has 8 heteroatoms. The van der Waals surface area contributed by atoms with E-state index in [4.69, 9.17) is 9.47 Å². The van der Waals surface area contributed by atoms with Gasteiger partial charge < -0.3 is 25.4 Å². The molecular weight excluding hydrogens is 382 g/mol. The maximum absolute atomic E-state index is 12.0. The molecule has 0 aliphatic rings. The molecule has 1 aromatic carbocycles. The number of amides is 1. The predicted octanol–water partition coefficient (Wildman–Crippen LogP) is 2.54. The van der Waals surface area contributed by atoms with E-state index in [0.717, 1.165) is 17.1 Å². The van der Waals surface area contributed by atoms with Gasteiger partial charge in [-0.1, -0.05) is 6.07 Å². The maximum atomic E-state index is 12.0. The lowest BCUT2D eigenvalue weighted by Crippen LogP contribution is -2.42. The third kappa shape index (κ3) is 6.95. The second kappa shape index (κ2) is 12.3. The lowest BCUT2D eigenvalue weighted by molar-refractivity contribution is 0.0954. The first-order chi connectivity index (χ1) is 14.6. The average Bonchev–Trinajstić information content (AvgIpc) is 2.77. The first-order valence-corrected chi connectivity index (χ1v) is 10.1. The van der Waals surface area contributed by atoms with Crippen molar-refractivity contribution in [3.8, 4) is 11.5 Å². The summed E-state index contributed by atoms with van der Waals surface area (Å²) in [6.45, 7) is 8.08. The van der Waals surface area contributed by atoms with Gasteiger partial charge in [-0.15, -0.1) is 0 Å². The molecule has 0 bridgehead atoms. The Hall–Kier alpha value is -3.29. The van der Waals surface area contributed by atoms with Crippen LogP contribution in [0.1, 0.15) is 42.7 Å². The summed E-state index contributed by atoms with van der Waals surface area (Å²) in [7, 11) is 1.71. The van der Waals surface area contributed by atoms with Crippen LogP contribution in [-0.2, 0) is 0 Å². The van der Waals surface area contributed by atoms with Crippen LogP contribution in [0.2, 0.25) is 0 Å². The summed E-state index contributed by atoms with van der Waals surface area (Å²) in [4.78, 5) is 20.2. The van der Waals surface area contributed by atoms with Crippen LogP contribution in [-0.4, -0.2) is 50.2 Å². The van der Waals surface area contributed by atoms with Gasteiger partial charge in [0.25, 0.3) is 5.91 Å². The lowest BCUT2D eigenvalue weighted by Gasteiger charge is -2.20. The van der Waals surface area contributed by atoms with Crippen LogP contribution >= 0.6 is 0 Å². The molecule has 2 rings (SSSR count). The molecule has 0 aliphatic carbocycles. The Balaban J connectivity index is 1.86. The van der Waals surface area contributed by atoms with Crippen molar-refractivity contribution in [1.82, 2.24) is 20.9 Å². The zero-order chi connectivity index (χ0) is 21.8. The number of nitrogens with zero attached hydrogens (tertiary/aromatic N) is 2. The predicted molar refractivity (Wildman–Crippen MR) is 118 cm³/mol. The number of ether oxygens (including phenoxy) is 2. The zero-order valence-electron chi connectivity index (χ0n) is 18.1. The van der Waals surface area contributed by atoms with Crippen molar-refractivity contribution in [2.24, 2.45) is 4.99 Å². The van der Waals surface area contributed by atoms with Crippen LogP contribution in [0, 0.1) is 0 Å². The van der Waals surface area contributed by atoms with E-state index in [1.54, 1.807) is 25.4 Å². The van der Waals surface area contributed by atoms with Crippen molar-refractivity contribution in [2.75, 3.05) is 33.4 Å². The van der Waals surface area contributed by atoms with Crippen LogP contribution < -0.4 is 25.4 Å². The van der Waals surface area contributed by atoms with Gasteiger partial charge in [0, 0.05) is 32.5 Å². The average molecular weight is 414 g/mol. The summed E-state index contributed by atoms with van der Waals surface area (Å²) in [5, 5.41) is 9.39. The summed E-state index contributed by atoms with van der Waals surface area (Å²) in [6.07, 6.45) is 3.18. The number of carbonyl (C=O) groups is 1. The molecule has 2 aromatic rings. The zero-order valence-corrected chi connectivity index (χ0v) is 18.1. The molecule has 162 valence electrons. The number of nitrogens with one attached hydrogen (secondary N) is 3. The van der Waals surface area contributed by atoms with Gasteiger partial charge in [0.2, 0.25) is 0 Å². The highest BCUT2D eigenvalue weighted by Crippen LogP contribution is 2.30. The molecule has 0 spiro atoms. The van der Waals surface area contributed by atoms with Gasteiger partial charge in [0.15, 0.2) is 17.5 Å². The van der Waals surface area contributed by atoms with Gasteiger partial charge in [-0.05, 0) is 50.6 Å².